The molecule has 5 aromatic rings. The maximum absolute atomic E-state index is 4.92. The zero-order valence-corrected chi connectivity index (χ0v) is 24.8. The minimum atomic E-state index is -0.160. The highest BCUT2D eigenvalue weighted by atomic mass is 15.0. The predicted octanol–water partition coefficient (Wildman–Crippen LogP) is 9.89. The van der Waals surface area contributed by atoms with Gasteiger partial charge >= 0.3 is 0 Å². The molecule has 0 fully saturated rings. The summed E-state index contributed by atoms with van der Waals surface area (Å²) in [4.78, 5) is 14.7. The third-order valence-corrected chi connectivity index (χ3v) is 8.75. The number of aryl methyl sites for hydroxylation is 1. The molecule has 3 nitrogen and oxygen atoms in total. The van der Waals surface area contributed by atoms with Crippen LogP contribution in [-0.4, -0.2) is 15.0 Å². The molecule has 1 heterocycles. The minimum Gasteiger partial charge on any atom is -0.208 e. The first-order valence-corrected chi connectivity index (χ1v) is 15.2. The van der Waals surface area contributed by atoms with Gasteiger partial charge in [-0.15, -0.1) is 0 Å². The number of fused-ring (bicyclic) bond motifs is 1. The van der Waals surface area contributed by atoms with Gasteiger partial charge in [0.05, 0.1) is 0 Å². The highest BCUT2D eigenvalue weighted by molar-refractivity contribution is 5.74. The molecule has 0 atom stereocenters. The number of hydrogen-bond acceptors (Lipinski definition) is 3. The topological polar surface area (TPSA) is 38.7 Å². The van der Waals surface area contributed by atoms with Crippen molar-refractivity contribution in [2.75, 3.05) is 0 Å². The van der Waals surface area contributed by atoms with E-state index in [2.05, 4.69) is 111 Å². The molecule has 0 N–H and O–H groups in total. The van der Waals surface area contributed by atoms with Gasteiger partial charge in [0, 0.05) is 22.1 Å². The molecule has 2 aliphatic rings. The van der Waals surface area contributed by atoms with Gasteiger partial charge in [-0.05, 0) is 65.1 Å². The molecular weight excluding hydrogens is 522 g/mol. The maximum atomic E-state index is 4.92. The fraction of sp³-hybridized carbons (Fsp3) is 0.175. The Hall–Kier alpha value is -4.89. The van der Waals surface area contributed by atoms with Crippen molar-refractivity contribution in [3.8, 4) is 33.9 Å². The Balaban J connectivity index is 1.18. The molecule has 1 aromatic heterocycles. The first kappa shape index (κ1) is 27.0. The Morgan fingerprint density at radius 1 is 0.535 bits per heavy atom. The smallest absolute Gasteiger partial charge is 0.164 e. The molecule has 2 aliphatic carbocycles. The molecule has 0 bridgehead atoms. The first-order chi connectivity index (χ1) is 21.0. The maximum Gasteiger partial charge on any atom is 0.164 e. The fourth-order valence-corrected chi connectivity index (χ4v) is 6.02. The Bertz CT molecular complexity index is 1860. The Kier molecular flexibility index (Phi) is 7.16. The van der Waals surface area contributed by atoms with Crippen molar-refractivity contribution in [2.45, 2.75) is 44.9 Å². The van der Waals surface area contributed by atoms with Crippen LogP contribution in [0.15, 0.2) is 121 Å². The quantitative estimate of drug-likeness (QED) is 0.209. The van der Waals surface area contributed by atoms with Gasteiger partial charge in [-0.3, -0.25) is 0 Å². The van der Waals surface area contributed by atoms with Crippen molar-refractivity contribution in [1.29, 1.82) is 0 Å². The Morgan fingerprint density at radius 3 is 1.81 bits per heavy atom. The van der Waals surface area contributed by atoms with Gasteiger partial charge in [0.15, 0.2) is 17.5 Å². The van der Waals surface area contributed by atoms with E-state index < -0.39 is 0 Å². The van der Waals surface area contributed by atoms with Crippen LogP contribution in [0, 0.1) is 0 Å². The van der Waals surface area contributed by atoms with Crippen LogP contribution >= 0.6 is 0 Å². The van der Waals surface area contributed by atoms with E-state index in [-0.39, 0.29) is 5.41 Å². The van der Waals surface area contributed by atoms with Crippen LogP contribution in [0.25, 0.3) is 45.6 Å². The van der Waals surface area contributed by atoms with E-state index in [0.29, 0.717) is 11.6 Å². The monoisotopic (exact) mass is 557 g/mol. The molecular formula is C40H35N3. The summed E-state index contributed by atoms with van der Waals surface area (Å²) in [5.74, 6) is 2.11. The van der Waals surface area contributed by atoms with Crippen LogP contribution in [0.2, 0.25) is 0 Å². The van der Waals surface area contributed by atoms with Crippen molar-refractivity contribution in [2.24, 2.45) is 0 Å². The lowest BCUT2D eigenvalue weighted by molar-refractivity contribution is 0.641. The van der Waals surface area contributed by atoms with E-state index >= 15 is 0 Å². The van der Waals surface area contributed by atoms with Gasteiger partial charge in [-0.1, -0.05) is 135 Å². The van der Waals surface area contributed by atoms with Gasteiger partial charge in [-0.25, -0.2) is 15.0 Å². The standard InChI is InChI=1S/C40H35N3/c1-40(2,35-23-19-29(20-24-35)34-18-17-28-11-9-10-16-33(28)27-34)36-25-21-32(22-26-36)39-42-37(30-12-5-3-6-13-30)41-38(43-39)31-14-7-4-8-15-31/h3,5-7,10,12-27H,4,8-9,11H2,1-2H3. The number of rotatable bonds is 6. The molecule has 43 heavy (non-hydrogen) atoms. The molecule has 0 saturated heterocycles. The van der Waals surface area contributed by atoms with Crippen LogP contribution in [-0.2, 0) is 11.8 Å². The van der Waals surface area contributed by atoms with Crippen molar-refractivity contribution in [3.63, 3.8) is 0 Å². The van der Waals surface area contributed by atoms with E-state index in [0.717, 1.165) is 48.2 Å². The Labute approximate surface area is 254 Å². The lowest BCUT2D eigenvalue weighted by Gasteiger charge is -2.26. The van der Waals surface area contributed by atoms with Gasteiger partial charge in [0.2, 0.25) is 0 Å². The summed E-state index contributed by atoms with van der Waals surface area (Å²) in [6.45, 7) is 4.58. The first-order valence-electron chi connectivity index (χ1n) is 15.2. The van der Waals surface area contributed by atoms with Gasteiger partial charge < -0.3 is 0 Å². The summed E-state index contributed by atoms with van der Waals surface area (Å²) < 4.78 is 0. The largest absolute Gasteiger partial charge is 0.208 e. The SMILES string of the molecule is CC(C)(c1ccc(-c2ccc3c(c2)C=CCC3)cc1)c1ccc(-c2nc(C3=CCCC=C3)nc(-c3ccccc3)n2)cc1. The highest BCUT2D eigenvalue weighted by Gasteiger charge is 2.24. The molecule has 0 saturated carbocycles. The van der Waals surface area contributed by atoms with E-state index in [1.54, 1.807) is 0 Å². The van der Waals surface area contributed by atoms with Crippen molar-refractivity contribution < 1.29 is 0 Å². The van der Waals surface area contributed by atoms with Gasteiger partial charge in [0.1, 0.15) is 0 Å². The summed E-state index contributed by atoms with van der Waals surface area (Å²) >= 11 is 0. The fourth-order valence-electron chi connectivity index (χ4n) is 6.02. The molecule has 7 rings (SSSR count). The van der Waals surface area contributed by atoms with E-state index in [1.807, 2.05) is 30.3 Å². The van der Waals surface area contributed by atoms with E-state index in [4.69, 9.17) is 15.0 Å². The zero-order valence-electron chi connectivity index (χ0n) is 24.8. The van der Waals surface area contributed by atoms with E-state index in [1.165, 1.54) is 33.4 Å². The number of hydrogen-bond donors (Lipinski definition) is 0. The predicted molar refractivity (Wildman–Crippen MR) is 178 cm³/mol. The van der Waals surface area contributed by atoms with Gasteiger partial charge in [0.25, 0.3) is 0 Å². The van der Waals surface area contributed by atoms with Crippen LogP contribution in [0.1, 0.15) is 61.2 Å². The van der Waals surface area contributed by atoms with Crippen molar-refractivity contribution in [3.05, 3.63) is 149 Å². The molecule has 0 aliphatic heterocycles. The third kappa shape index (κ3) is 5.51. The minimum absolute atomic E-state index is 0.160. The summed E-state index contributed by atoms with van der Waals surface area (Å²) in [5.41, 5.74) is 10.7. The molecule has 0 amide bonds. The van der Waals surface area contributed by atoms with Crippen LogP contribution in [0.4, 0.5) is 0 Å². The number of nitrogens with zero attached hydrogens (tertiary/aromatic N) is 3. The summed E-state index contributed by atoms with van der Waals surface area (Å²) in [5, 5.41) is 0. The van der Waals surface area contributed by atoms with Crippen molar-refractivity contribution >= 4 is 11.6 Å². The van der Waals surface area contributed by atoms with Gasteiger partial charge in [-0.2, -0.15) is 0 Å². The molecule has 0 spiro atoms. The normalized spacial score (nSPS) is 14.3. The number of aromatic nitrogens is 3. The van der Waals surface area contributed by atoms with Crippen LogP contribution in [0.5, 0.6) is 0 Å². The number of allylic oxidation sites excluding steroid dienone is 5. The summed E-state index contributed by atoms with van der Waals surface area (Å²) in [6, 6.07) is 34.8. The summed E-state index contributed by atoms with van der Waals surface area (Å²) in [6.07, 6.45) is 15.4. The molecule has 0 radical (unpaired) electrons. The second kappa shape index (κ2) is 11.4. The zero-order chi connectivity index (χ0) is 29.2. The summed E-state index contributed by atoms with van der Waals surface area (Å²) in [7, 11) is 0. The molecule has 4 aromatic carbocycles. The van der Waals surface area contributed by atoms with Crippen LogP contribution in [0.3, 0.4) is 0 Å². The lowest BCUT2D eigenvalue weighted by Crippen LogP contribution is -2.18. The second-order valence-corrected chi connectivity index (χ2v) is 11.9. The number of benzene rings is 4. The van der Waals surface area contributed by atoms with Crippen LogP contribution < -0.4 is 0 Å². The third-order valence-electron chi connectivity index (χ3n) is 8.75. The second-order valence-electron chi connectivity index (χ2n) is 11.9. The Morgan fingerprint density at radius 2 is 1.14 bits per heavy atom. The average molecular weight is 558 g/mol. The molecule has 210 valence electrons. The molecule has 0 unspecified atom stereocenters. The lowest BCUT2D eigenvalue weighted by atomic mass is 9.77. The highest BCUT2D eigenvalue weighted by Crippen LogP contribution is 2.35. The average Bonchev–Trinajstić information content (AvgIpc) is 3.09. The van der Waals surface area contributed by atoms with E-state index in [9.17, 15) is 0 Å². The van der Waals surface area contributed by atoms with Crippen molar-refractivity contribution in [1.82, 2.24) is 15.0 Å². The molecule has 3 heteroatoms.